The van der Waals surface area contributed by atoms with Crippen LogP contribution in [0.15, 0.2) is 11.0 Å². The maximum Gasteiger partial charge on any atom is 0.351 e. The number of rotatable bonds is 3. The SMILES string of the molecule is Nc1nc(=O)n([C@@H]2O[C@@](CO)(C(F)F)C(O)C2O)cc1Cl. The Balaban J connectivity index is 2.47. The van der Waals surface area contributed by atoms with E-state index in [1.165, 1.54) is 0 Å². The number of hydrogen-bond donors (Lipinski definition) is 4. The highest BCUT2D eigenvalue weighted by atomic mass is 35.5. The monoisotopic (exact) mass is 327 g/mol. The first-order valence-electron chi connectivity index (χ1n) is 5.71. The molecule has 21 heavy (non-hydrogen) atoms. The number of aliphatic hydroxyl groups is 3. The summed E-state index contributed by atoms with van der Waals surface area (Å²) < 4.78 is 31.6. The van der Waals surface area contributed by atoms with Crippen LogP contribution in [-0.2, 0) is 4.74 Å². The molecule has 118 valence electrons. The number of aromatic nitrogens is 2. The van der Waals surface area contributed by atoms with Crippen LogP contribution >= 0.6 is 11.6 Å². The van der Waals surface area contributed by atoms with Crippen LogP contribution in [0.25, 0.3) is 0 Å². The summed E-state index contributed by atoms with van der Waals surface area (Å²) in [5.74, 6) is -0.284. The predicted octanol–water partition coefficient (Wildman–Crippen LogP) is -1.27. The molecule has 0 radical (unpaired) electrons. The first-order chi connectivity index (χ1) is 9.74. The van der Waals surface area contributed by atoms with Gasteiger partial charge in [0.2, 0.25) is 0 Å². The molecule has 2 heterocycles. The fourth-order valence-electron chi connectivity index (χ4n) is 2.05. The first-order valence-corrected chi connectivity index (χ1v) is 6.09. The summed E-state index contributed by atoms with van der Waals surface area (Å²) in [6, 6.07) is 0. The number of aliphatic hydroxyl groups excluding tert-OH is 3. The lowest BCUT2D eigenvalue weighted by atomic mass is 9.96. The van der Waals surface area contributed by atoms with Gasteiger partial charge in [-0.1, -0.05) is 11.6 Å². The molecule has 0 aliphatic carbocycles. The smallest absolute Gasteiger partial charge is 0.351 e. The highest BCUT2D eigenvalue weighted by Gasteiger charge is 2.60. The Hall–Kier alpha value is -1.33. The lowest BCUT2D eigenvalue weighted by Crippen LogP contribution is -2.52. The Kier molecular flexibility index (Phi) is 4.17. The van der Waals surface area contributed by atoms with Crippen LogP contribution in [0.1, 0.15) is 6.23 Å². The average Bonchev–Trinajstić information content (AvgIpc) is 2.68. The quantitative estimate of drug-likeness (QED) is 0.544. The minimum absolute atomic E-state index is 0.168. The van der Waals surface area contributed by atoms with Crippen LogP contribution in [0.4, 0.5) is 14.6 Å². The molecule has 5 N–H and O–H groups in total. The van der Waals surface area contributed by atoms with Crippen LogP contribution < -0.4 is 11.4 Å². The van der Waals surface area contributed by atoms with Gasteiger partial charge in [0, 0.05) is 6.20 Å². The first kappa shape index (κ1) is 16.0. The number of hydrogen-bond acceptors (Lipinski definition) is 7. The summed E-state index contributed by atoms with van der Waals surface area (Å²) in [5, 5.41) is 28.5. The van der Waals surface area contributed by atoms with Crippen molar-refractivity contribution in [3.63, 3.8) is 0 Å². The Bertz CT molecular complexity index is 601. The molecular formula is C10H12ClF2N3O5. The summed E-state index contributed by atoms with van der Waals surface area (Å²) in [5.41, 5.74) is 1.58. The highest BCUT2D eigenvalue weighted by Crippen LogP contribution is 2.40. The molecule has 0 aromatic carbocycles. The molecule has 8 nitrogen and oxygen atoms in total. The maximum atomic E-state index is 13.0. The molecule has 0 saturated carbocycles. The second-order valence-electron chi connectivity index (χ2n) is 4.52. The van der Waals surface area contributed by atoms with Gasteiger partial charge in [-0.2, -0.15) is 4.98 Å². The molecule has 11 heteroatoms. The Morgan fingerprint density at radius 1 is 1.57 bits per heavy atom. The average molecular weight is 328 g/mol. The van der Waals surface area contributed by atoms with E-state index in [9.17, 15) is 23.8 Å². The van der Waals surface area contributed by atoms with Crippen molar-refractivity contribution in [1.82, 2.24) is 9.55 Å². The fourth-order valence-corrected chi connectivity index (χ4v) is 2.20. The van der Waals surface area contributed by atoms with E-state index in [0.717, 1.165) is 6.20 Å². The van der Waals surface area contributed by atoms with Gasteiger partial charge < -0.3 is 25.8 Å². The number of nitrogens with zero attached hydrogens (tertiary/aromatic N) is 2. The van der Waals surface area contributed by atoms with Crippen LogP contribution in [0.2, 0.25) is 5.02 Å². The van der Waals surface area contributed by atoms with E-state index in [-0.39, 0.29) is 10.8 Å². The van der Waals surface area contributed by atoms with Crippen LogP contribution in [0.5, 0.6) is 0 Å². The Labute approximate surface area is 121 Å². The number of alkyl halides is 2. The van der Waals surface area contributed by atoms with Gasteiger partial charge in [-0.15, -0.1) is 0 Å². The Morgan fingerprint density at radius 2 is 2.19 bits per heavy atom. The lowest BCUT2D eigenvalue weighted by molar-refractivity contribution is -0.195. The van der Waals surface area contributed by atoms with E-state index >= 15 is 0 Å². The van der Waals surface area contributed by atoms with E-state index in [1.807, 2.05) is 0 Å². The molecule has 1 aromatic heterocycles. The fraction of sp³-hybridized carbons (Fsp3) is 0.600. The van der Waals surface area contributed by atoms with E-state index in [1.54, 1.807) is 0 Å². The molecule has 0 bridgehead atoms. The van der Waals surface area contributed by atoms with Crippen molar-refractivity contribution in [2.45, 2.75) is 30.5 Å². The van der Waals surface area contributed by atoms with Crippen molar-refractivity contribution in [1.29, 1.82) is 0 Å². The third-order valence-corrected chi connectivity index (χ3v) is 3.57. The highest BCUT2D eigenvalue weighted by molar-refractivity contribution is 6.32. The largest absolute Gasteiger partial charge is 0.393 e. The van der Waals surface area contributed by atoms with Crippen molar-refractivity contribution >= 4 is 17.4 Å². The van der Waals surface area contributed by atoms with E-state index < -0.39 is 42.8 Å². The molecule has 1 aliphatic rings. The van der Waals surface area contributed by atoms with Crippen molar-refractivity contribution < 1.29 is 28.8 Å². The molecule has 0 amide bonds. The number of anilines is 1. The van der Waals surface area contributed by atoms with Crippen LogP contribution in [0.3, 0.4) is 0 Å². The van der Waals surface area contributed by atoms with E-state index in [2.05, 4.69) is 4.98 Å². The molecule has 2 rings (SSSR count). The second kappa shape index (κ2) is 5.46. The molecular weight excluding hydrogens is 316 g/mol. The van der Waals surface area contributed by atoms with Gasteiger partial charge in [0.25, 0.3) is 6.43 Å². The van der Waals surface area contributed by atoms with Crippen molar-refractivity contribution in [2.24, 2.45) is 0 Å². The summed E-state index contributed by atoms with van der Waals surface area (Å²) in [7, 11) is 0. The van der Waals surface area contributed by atoms with Gasteiger partial charge in [0.05, 0.1) is 11.6 Å². The van der Waals surface area contributed by atoms with Crippen LogP contribution in [0, 0.1) is 0 Å². The standard InChI is InChI=1S/C10H12ClF2N3O5/c11-3-1-16(9(20)15-6(3)14)7-4(18)5(19)10(2-17,21-7)8(12)13/h1,4-5,7-8,17-19H,2H2,(H2,14,15,20)/t4?,5?,7-,10-/m1/s1. The summed E-state index contributed by atoms with van der Waals surface area (Å²) >= 11 is 5.67. The zero-order valence-electron chi connectivity index (χ0n) is 10.4. The lowest BCUT2D eigenvalue weighted by Gasteiger charge is -2.28. The predicted molar refractivity (Wildman–Crippen MR) is 65.9 cm³/mol. The Morgan fingerprint density at radius 3 is 2.67 bits per heavy atom. The molecule has 1 saturated heterocycles. The second-order valence-corrected chi connectivity index (χ2v) is 4.93. The zero-order valence-corrected chi connectivity index (χ0v) is 11.1. The van der Waals surface area contributed by atoms with Gasteiger partial charge in [-0.3, -0.25) is 4.57 Å². The van der Waals surface area contributed by atoms with Crippen LogP contribution in [-0.4, -0.2) is 55.7 Å². The molecule has 1 fully saturated rings. The molecule has 1 aliphatic heterocycles. The van der Waals surface area contributed by atoms with E-state index in [4.69, 9.17) is 27.2 Å². The number of nitrogens with two attached hydrogens (primary N) is 1. The van der Waals surface area contributed by atoms with Crippen molar-refractivity contribution in [3.05, 3.63) is 21.7 Å². The normalized spacial score (nSPS) is 32.8. The maximum absolute atomic E-state index is 13.0. The van der Waals surface area contributed by atoms with Gasteiger partial charge in [-0.05, 0) is 0 Å². The zero-order chi connectivity index (χ0) is 15.9. The number of nitrogen functional groups attached to an aromatic ring is 1. The minimum Gasteiger partial charge on any atom is -0.393 e. The number of ether oxygens (including phenoxy) is 1. The van der Waals surface area contributed by atoms with Gasteiger partial charge in [-0.25, -0.2) is 13.6 Å². The van der Waals surface area contributed by atoms with E-state index in [0.29, 0.717) is 4.57 Å². The minimum atomic E-state index is -3.30. The van der Waals surface area contributed by atoms with Gasteiger partial charge in [0.1, 0.15) is 18.0 Å². The molecule has 0 spiro atoms. The molecule has 2 unspecified atom stereocenters. The summed E-state index contributed by atoms with van der Waals surface area (Å²) in [4.78, 5) is 15.0. The van der Waals surface area contributed by atoms with Crippen molar-refractivity contribution in [3.8, 4) is 0 Å². The third kappa shape index (κ3) is 2.38. The summed E-state index contributed by atoms with van der Waals surface area (Å²) in [6.45, 7) is -1.26. The van der Waals surface area contributed by atoms with Crippen molar-refractivity contribution in [2.75, 3.05) is 12.3 Å². The third-order valence-electron chi connectivity index (χ3n) is 3.28. The molecule has 4 atom stereocenters. The van der Waals surface area contributed by atoms with Gasteiger partial charge in [0.15, 0.2) is 11.8 Å². The summed E-state index contributed by atoms with van der Waals surface area (Å²) in [6.07, 6.45) is -8.07. The van der Waals surface area contributed by atoms with Gasteiger partial charge >= 0.3 is 5.69 Å². The topological polar surface area (TPSA) is 131 Å². The molecule has 1 aromatic rings. The number of halogens is 3.